The second-order valence-electron chi connectivity index (χ2n) is 7.39. The van der Waals surface area contributed by atoms with E-state index in [1.165, 1.54) is 6.20 Å². The van der Waals surface area contributed by atoms with Crippen LogP contribution in [-0.2, 0) is 31.6 Å². The number of phosphoric acid groups is 3. The van der Waals surface area contributed by atoms with E-state index < -0.39 is 77.2 Å². The van der Waals surface area contributed by atoms with Crippen LogP contribution in [0.5, 0.6) is 0 Å². The Bertz CT molecular complexity index is 1220. The third-order valence-electron chi connectivity index (χ3n) is 5.14. The maximum Gasteiger partial charge on any atom is 0.490 e. The van der Waals surface area contributed by atoms with Gasteiger partial charge in [-0.3, -0.25) is 18.9 Å². The third kappa shape index (κ3) is 5.74. The first-order chi connectivity index (χ1) is 15.5. The normalized spacial score (nSPS) is 33.3. The molecule has 20 heteroatoms. The summed E-state index contributed by atoms with van der Waals surface area (Å²) in [4.78, 5) is 61.7. The number of aliphatic hydroxyl groups is 2. The Hall–Kier alpha value is -1.29. The van der Waals surface area contributed by atoms with Gasteiger partial charge in [0.25, 0.3) is 5.56 Å². The van der Waals surface area contributed by atoms with Crippen molar-refractivity contribution in [3.05, 3.63) is 45.3 Å². The van der Waals surface area contributed by atoms with Crippen LogP contribution in [0.4, 0.5) is 0 Å². The number of aliphatic hydroxyl groups excluding tert-OH is 2. The van der Waals surface area contributed by atoms with Gasteiger partial charge in [-0.1, -0.05) is 6.08 Å². The van der Waals surface area contributed by atoms with Crippen molar-refractivity contribution in [2.24, 2.45) is 5.92 Å². The monoisotopic (exact) mass is 550 g/mol. The summed E-state index contributed by atoms with van der Waals surface area (Å²) in [6.45, 7) is 0.563. The van der Waals surface area contributed by atoms with Crippen LogP contribution in [-0.4, -0.2) is 69.9 Å². The zero-order valence-electron chi connectivity index (χ0n) is 17.0. The van der Waals surface area contributed by atoms with Gasteiger partial charge in [0.1, 0.15) is 11.7 Å². The molecule has 192 valence electrons. The number of ether oxygens (including phenoxy) is 1. The van der Waals surface area contributed by atoms with Gasteiger partial charge in [-0.15, -0.1) is 0 Å². The first-order valence-electron chi connectivity index (χ1n) is 9.30. The molecule has 3 rings (SSSR count). The molecule has 1 aromatic heterocycles. The maximum atomic E-state index is 12.2. The van der Waals surface area contributed by atoms with Gasteiger partial charge in [0.2, 0.25) is 0 Å². The quantitative estimate of drug-likeness (QED) is 0.129. The van der Waals surface area contributed by atoms with Crippen molar-refractivity contribution >= 4 is 23.5 Å². The van der Waals surface area contributed by atoms with Crippen molar-refractivity contribution in [3.63, 3.8) is 0 Å². The zero-order chi connectivity index (χ0) is 25.7. The summed E-state index contributed by atoms with van der Waals surface area (Å²) < 4.78 is 53.6. The molecule has 1 aromatic rings. The van der Waals surface area contributed by atoms with E-state index in [1.807, 2.05) is 4.98 Å². The van der Waals surface area contributed by atoms with Crippen molar-refractivity contribution in [2.75, 3.05) is 6.61 Å². The molecule has 0 aromatic carbocycles. The van der Waals surface area contributed by atoms with Crippen LogP contribution in [0.25, 0.3) is 0 Å². The second kappa shape index (κ2) is 9.30. The summed E-state index contributed by atoms with van der Waals surface area (Å²) in [6.07, 6.45) is -0.559. The maximum absolute atomic E-state index is 12.2. The number of fused-ring (bicyclic) bond motifs is 1. The lowest BCUT2D eigenvalue weighted by molar-refractivity contribution is -0.122. The van der Waals surface area contributed by atoms with E-state index in [0.29, 0.717) is 0 Å². The Morgan fingerprint density at radius 1 is 1.21 bits per heavy atom. The van der Waals surface area contributed by atoms with Crippen LogP contribution in [0.1, 0.15) is 13.0 Å². The minimum atomic E-state index is -5.77. The van der Waals surface area contributed by atoms with Crippen LogP contribution >= 0.6 is 23.5 Å². The van der Waals surface area contributed by atoms with Gasteiger partial charge in [-0.25, -0.2) is 18.5 Å². The fraction of sp³-hybridized carbons (Fsp3) is 0.571. The van der Waals surface area contributed by atoms with Gasteiger partial charge >= 0.3 is 29.2 Å². The van der Waals surface area contributed by atoms with Crippen LogP contribution in [0, 0.1) is 5.92 Å². The van der Waals surface area contributed by atoms with E-state index in [-0.39, 0.29) is 0 Å². The summed E-state index contributed by atoms with van der Waals surface area (Å²) in [5, 5.41) is 20.1. The van der Waals surface area contributed by atoms with Crippen molar-refractivity contribution in [1.29, 1.82) is 0 Å². The topological polar surface area (TPSA) is 264 Å². The number of H-pyrrole nitrogens is 1. The molecule has 8 atom stereocenters. The molecule has 0 spiro atoms. The Labute approximate surface area is 189 Å². The molecule has 7 N–H and O–H groups in total. The van der Waals surface area contributed by atoms with E-state index in [0.717, 1.165) is 29.7 Å². The van der Waals surface area contributed by atoms with Gasteiger partial charge in [0.15, 0.2) is 0 Å². The Kier molecular flexibility index (Phi) is 7.47. The number of nitrogens with zero attached hydrogens (tertiary/aromatic N) is 1. The Balaban J connectivity index is 1.81. The van der Waals surface area contributed by atoms with Crippen molar-refractivity contribution in [2.45, 2.75) is 36.9 Å². The van der Waals surface area contributed by atoms with Crippen LogP contribution in [0.2, 0.25) is 0 Å². The van der Waals surface area contributed by atoms with E-state index in [1.54, 1.807) is 0 Å². The number of nitrogens with one attached hydrogen (secondary N) is 1. The van der Waals surface area contributed by atoms with E-state index in [4.69, 9.17) is 24.2 Å². The fourth-order valence-corrected chi connectivity index (χ4v) is 7.07. The van der Waals surface area contributed by atoms with E-state index in [9.17, 15) is 38.2 Å². The molecule has 17 nitrogen and oxygen atoms in total. The summed E-state index contributed by atoms with van der Waals surface area (Å²) in [5.41, 5.74) is -3.33. The highest BCUT2D eigenvalue weighted by Crippen LogP contribution is 2.67. The van der Waals surface area contributed by atoms with Gasteiger partial charge in [0.05, 0.1) is 24.9 Å². The number of phosphoric ester groups is 1. The molecule has 1 saturated carbocycles. The smallest absolute Gasteiger partial charge is 0.392 e. The summed E-state index contributed by atoms with van der Waals surface area (Å²) in [6, 6.07) is 0.368. The average molecular weight is 550 g/mol. The van der Waals surface area contributed by atoms with Crippen LogP contribution in [0.3, 0.4) is 0 Å². The molecular formula is C14H21N2O15P3. The number of hydrogen-bond donors (Lipinski definition) is 7. The van der Waals surface area contributed by atoms with Crippen LogP contribution < -0.4 is 11.2 Å². The summed E-state index contributed by atoms with van der Waals surface area (Å²) in [7, 11) is -16.9. The lowest BCUT2D eigenvalue weighted by Crippen LogP contribution is -2.51. The minimum absolute atomic E-state index is 0.544. The molecular weight excluding hydrogens is 529 g/mol. The second-order valence-corrected chi connectivity index (χ2v) is 11.8. The summed E-state index contributed by atoms with van der Waals surface area (Å²) in [5.74, 6) is -0.765. The molecule has 1 aliphatic carbocycles. The van der Waals surface area contributed by atoms with Crippen molar-refractivity contribution in [1.82, 2.24) is 9.55 Å². The predicted molar refractivity (Wildman–Crippen MR) is 108 cm³/mol. The Morgan fingerprint density at radius 2 is 1.85 bits per heavy atom. The lowest BCUT2D eigenvalue weighted by Gasteiger charge is -2.37. The molecule has 0 amide bonds. The van der Waals surface area contributed by atoms with E-state index >= 15 is 0 Å². The standard InChI is InChI=1S/C14H21N2O15P3/c1-7(29-33(24,25)31-34(26,27)30-32(21,22)23)14(4-2-6-17)12(19)9-10(11(9)28-14)16-5-3-8(18)15-13(16)20/h2-5,7,9-12,17,19H,6H2,1H3,(H,24,25)(H,26,27)(H,15,18,20)(H2,21,22,23). The van der Waals surface area contributed by atoms with Gasteiger partial charge < -0.3 is 34.5 Å². The Morgan fingerprint density at radius 3 is 2.35 bits per heavy atom. The van der Waals surface area contributed by atoms with E-state index in [2.05, 4.69) is 8.62 Å². The average Bonchev–Trinajstić information content (AvgIpc) is 3.24. The van der Waals surface area contributed by atoms with Gasteiger partial charge in [-0.2, -0.15) is 8.62 Å². The van der Waals surface area contributed by atoms with Gasteiger partial charge in [0, 0.05) is 18.2 Å². The fourth-order valence-electron chi connectivity index (χ4n) is 3.84. The predicted octanol–water partition coefficient (Wildman–Crippen LogP) is -1.51. The lowest BCUT2D eigenvalue weighted by atomic mass is 9.88. The molecule has 0 bridgehead atoms. The molecule has 1 saturated heterocycles. The van der Waals surface area contributed by atoms with Crippen LogP contribution in [0.15, 0.2) is 34.0 Å². The number of hydrogen-bond acceptors (Lipinski definition) is 11. The van der Waals surface area contributed by atoms with Crippen molar-refractivity contribution in [3.8, 4) is 0 Å². The molecule has 1 aliphatic heterocycles. The number of aromatic nitrogens is 2. The zero-order valence-corrected chi connectivity index (χ0v) is 19.7. The molecule has 8 unspecified atom stereocenters. The molecule has 34 heavy (non-hydrogen) atoms. The first kappa shape index (κ1) is 27.3. The summed E-state index contributed by atoms with van der Waals surface area (Å²) >= 11 is 0. The third-order valence-corrected chi connectivity index (χ3v) is 9.05. The molecule has 2 heterocycles. The molecule has 0 radical (unpaired) electrons. The number of rotatable bonds is 10. The molecule has 2 fully saturated rings. The van der Waals surface area contributed by atoms with Crippen molar-refractivity contribution < 1.29 is 61.4 Å². The number of aromatic amines is 1. The highest BCUT2D eigenvalue weighted by atomic mass is 31.3. The highest BCUT2D eigenvalue weighted by Gasteiger charge is 2.71. The highest BCUT2D eigenvalue weighted by molar-refractivity contribution is 7.66. The van der Waals surface area contributed by atoms with Gasteiger partial charge in [-0.05, 0) is 13.0 Å². The minimum Gasteiger partial charge on any atom is -0.392 e. The largest absolute Gasteiger partial charge is 0.490 e. The molecule has 2 aliphatic rings. The SMILES string of the molecule is CC(OP(=O)(O)OP(=O)(O)OP(=O)(O)O)C1(C=CCO)OC2C(C2n2ccc(=O)[nH]c2=O)C1O. The first-order valence-corrected chi connectivity index (χ1v) is 13.8.